The van der Waals surface area contributed by atoms with Gasteiger partial charge in [-0.05, 0) is 52.2 Å². The Morgan fingerprint density at radius 2 is 1.56 bits per heavy atom. The second-order valence-corrected chi connectivity index (χ2v) is 6.52. The van der Waals surface area contributed by atoms with Crippen LogP contribution in [-0.4, -0.2) is 49.2 Å². The van der Waals surface area contributed by atoms with E-state index in [2.05, 4.69) is 0 Å². The molecule has 0 saturated carbocycles. The molecule has 6 nitrogen and oxygen atoms in total. The molecule has 1 saturated heterocycles. The van der Waals surface area contributed by atoms with Gasteiger partial charge in [0.1, 0.15) is 11.5 Å². The summed E-state index contributed by atoms with van der Waals surface area (Å²) in [6, 6.07) is 5.12. The topological polar surface area (TPSA) is 65.1 Å². The number of amides is 1. The van der Waals surface area contributed by atoms with Gasteiger partial charge >= 0.3 is 5.97 Å². The molecule has 1 heterocycles. The average molecular weight is 349 g/mol. The van der Waals surface area contributed by atoms with Gasteiger partial charge in [0.2, 0.25) is 0 Å². The summed E-state index contributed by atoms with van der Waals surface area (Å²) in [6.07, 6.45) is 2.23. The summed E-state index contributed by atoms with van der Waals surface area (Å²) in [5, 5.41) is 0. The maximum atomic E-state index is 12.7. The molecular formula is C19H27NO5. The van der Waals surface area contributed by atoms with Gasteiger partial charge in [0.25, 0.3) is 5.91 Å². The Bertz CT molecular complexity index is 598. The number of hydrogen-bond donors (Lipinski definition) is 0. The van der Waals surface area contributed by atoms with Crippen LogP contribution in [0.1, 0.15) is 50.4 Å². The summed E-state index contributed by atoms with van der Waals surface area (Å²) in [5.74, 6) is 0.255. The average Bonchev–Trinajstić information content (AvgIpc) is 2.60. The lowest BCUT2D eigenvalue weighted by Crippen LogP contribution is -2.51. The van der Waals surface area contributed by atoms with Crippen molar-refractivity contribution in [2.75, 3.05) is 14.2 Å². The Kier molecular flexibility index (Phi) is 6.28. The van der Waals surface area contributed by atoms with Crippen molar-refractivity contribution in [1.29, 1.82) is 0 Å². The Labute approximate surface area is 149 Å². The van der Waals surface area contributed by atoms with Crippen molar-refractivity contribution >= 4 is 11.9 Å². The fraction of sp³-hybridized carbons (Fsp3) is 0.579. The molecule has 2 rings (SSSR count). The Morgan fingerprint density at radius 1 is 1.04 bits per heavy atom. The number of esters is 1. The van der Waals surface area contributed by atoms with E-state index in [9.17, 15) is 9.59 Å². The first kappa shape index (κ1) is 19.1. The molecule has 1 aromatic carbocycles. The minimum atomic E-state index is -0.840. The van der Waals surface area contributed by atoms with E-state index in [1.807, 2.05) is 18.7 Å². The number of likely N-dealkylation sites (tertiary alicyclic amines) is 1. The van der Waals surface area contributed by atoms with Gasteiger partial charge in [0, 0.05) is 18.2 Å². The molecule has 0 aromatic heterocycles. The zero-order chi connectivity index (χ0) is 18.6. The third-order valence-electron chi connectivity index (χ3n) is 4.67. The summed E-state index contributed by atoms with van der Waals surface area (Å²) in [7, 11) is 3.02. The first-order valence-electron chi connectivity index (χ1n) is 8.63. The highest BCUT2D eigenvalue weighted by atomic mass is 16.5. The monoisotopic (exact) mass is 349 g/mol. The summed E-state index contributed by atoms with van der Waals surface area (Å²) in [6.45, 7) is 5.69. The molecule has 0 unspecified atom stereocenters. The molecule has 6 heteroatoms. The number of rotatable bonds is 5. The molecule has 1 amide bonds. The van der Waals surface area contributed by atoms with Crippen molar-refractivity contribution in [3.05, 3.63) is 23.8 Å². The third kappa shape index (κ3) is 4.44. The van der Waals surface area contributed by atoms with E-state index in [1.54, 1.807) is 25.1 Å². The maximum absolute atomic E-state index is 12.7. The standard InChI is InChI=1S/C19H27NO5/c1-12-7-6-8-13(2)20(12)18(21)14(3)25-19(22)15-9-16(23-4)11-17(10-15)24-5/h9-14H,6-8H2,1-5H3/t12-,13+,14-/m1/s1. The molecule has 1 aliphatic heterocycles. The van der Waals surface area contributed by atoms with Gasteiger partial charge in [-0.3, -0.25) is 4.79 Å². The molecule has 0 aliphatic carbocycles. The fourth-order valence-electron chi connectivity index (χ4n) is 3.27. The molecule has 3 atom stereocenters. The van der Waals surface area contributed by atoms with E-state index >= 15 is 0 Å². The third-order valence-corrected chi connectivity index (χ3v) is 4.67. The van der Waals surface area contributed by atoms with E-state index in [1.165, 1.54) is 14.2 Å². The van der Waals surface area contributed by atoms with Gasteiger partial charge in [-0.15, -0.1) is 0 Å². The number of benzene rings is 1. The normalized spacial score (nSPS) is 21.4. The van der Waals surface area contributed by atoms with Gasteiger partial charge in [-0.2, -0.15) is 0 Å². The number of carbonyl (C=O) groups is 2. The van der Waals surface area contributed by atoms with E-state index in [0.717, 1.165) is 19.3 Å². The van der Waals surface area contributed by atoms with Gasteiger partial charge < -0.3 is 19.1 Å². The van der Waals surface area contributed by atoms with E-state index in [4.69, 9.17) is 14.2 Å². The number of methoxy groups -OCH3 is 2. The summed E-state index contributed by atoms with van der Waals surface area (Å²) in [5.41, 5.74) is 0.288. The zero-order valence-corrected chi connectivity index (χ0v) is 15.6. The van der Waals surface area contributed by atoms with Crippen LogP contribution in [0.15, 0.2) is 18.2 Å². The molecule has 1 aromatic rings. The quantitative estimate of drug-likeness (QED) is 0.765. The van der Waals surface area contributed by atoms with Crippen LogP contribution in [0.3, 0.4) is 0 Å². The van der Waals surface area contributed by atoms with Crippen LogP contribution < -0.4 is 9.47 Å². The highest BCUT2D eigenvalue weighted by Gasteiger charge is 2.33. The molecule has 0 spiro atoms. The van der Waals surface area contributed by atoms with E-state index in [-0.39, 0.29) is 23.6 Å². The lowest BCUT2D eigenvalue weighted by atomic mass is 9.97. The van der Waals surface area contributed by atoms with Crippen LogP contribution in [0.4, 0.5) is 0 Å². The van der Waals surface area contributed by atoms with Crippen LogP contribution in [0.5, 0.6) is 11.5 Å². The first-order valence-corrected chi connectivity index (χ1v) is 8.63. The summed E-state index contributed by atoms with van der Waals surface area (Å²) < 4.78 is 15.7. The van der Waals surface area contributed by atoms with Crippen molar-refractivity contribution in [1.82, 2.24) is 4.90 Å². The molecule has 0 radical (unpaired) electrons. The zero-order valence-electron chi connectivity index (χ0n) is 15.6. The Balaban J connectivity index is 2.10. The molecule has 138 valence electrons. The minimum absolute atomic E-state index is 0.150. The van der Waals surface area contributed by atoms with Gasteiger partial charge in [0.15, 0.2) is 6.10 Å². The fourth-order valence-corrected chi connectivity index (χ4v) is 3.27. The van der Waals surface area contributed by atoms with Gasteiger partial charge in [-0.1, -0.05) is 0 Å². The number of nitrogens with zero attached hydrogens (tertiary/aromatic N) is 1. The van der Waals surface area contributed by atoms with Crippen molar-refractivity contribution < 1.29 is 23.8 Å². The Morgan fingerprint density at radius 3 is 2.04 bits per heavy atom. The first-order chi connectivity index (χ1) is 11.9. The smallest absolute Gasteiger partial charge is 0.339 e. The van der Waals surface area contributed by atoms with Crippen molar-refractivity contribution in [3.8, 4) is 11.5 Å². The van der Waals surface area contributed by atoms with Crippen LogP contribution >= 0.6 is 0 Å². The van der Waals surface area contributed by atoms with E-state index in [0.29, 0.717) is 11.5 Å². The highest BCUT2D eigenvalue weighted by Crippen LogP contribution is 2.25. The maximum Gasteiger partial charge on any atom is 0.339 e. The summed E-state index contributed by atoms with van der Waals surface area (Å²) >= 11 is 0. The highest BCUT2D eigenvalue weighted by molar-refractivity contribution is 5.93. The van der Waals surface area contributed by atoms with Crippen molar-refractivity contribution in [2.24, 2.45) is 0 Å². The Hall–Kier alpha value is -2.24. The number of piperidine rings is 1. The summed E-state index contributed by atoms with van der Waals surface area (Å²) in [4.78, 5) is 27.0. The minimum Gasteiger partial charge on any atom is -0.497 e. The number of carbonyl (C=O) groups excluding carboxylic acids is 2. The second-order valence-electron chi connectivity index (χ2n) is 6.52. The van der Waals surface area contributed by atoms with Crippen LogP contribution in [0.25, 0.3) is 0 Å². The number of ether oxygens (including phenoxy) is 3. The van der Waals surface area contributed by atoms with Gasteiger partial charge in [0.05, 0.1) is 19.8 Å². The molecule has 1 fully saturated rings. The van der Waals surface area contributed by atoms with E-state index < -0.39 is 12.1 Å². The molecule has 1 aliphatic rings. The predicted octanol–water partition coefficient (Wildman–Crippen LogP) is 3.04. The number of hydrogen-bond acceptors (Lipinski definition) is 5. The lowest BCUT2D eigenvalue weighted by Gasteiger charge is -2.40. The SMILES string of the molecule is COc1cc(OC)cc(C(=O)O[C@H](C)C(=O)N2[C@H](C)CCC[C@@H]2C)c1. The van der Waals surface area contributed by atoms with Crippen LogP contribution in [0, 0.1) is 0 Å². The van der Waals surface area contributed by atoms with Gasteiger partial charge in [-0.25, -0.2) is 4.79 Å². The van der Waals surface area contributed by atoms with Crippen LogP contribution in [-0.2, 0) is 9.53 Å². The largest absolute Gasteiger partial charge is 0.497 e. The van der Waals surface area contributed by atoms with Crippen molar-refractivity contribution in [3.63, 3.8) is 0 Å². The molecule has 25 heavy (non-hydrogen) atoms. The molecular weight excluding hydrogens is 322 g/mol. The lowest BCUT2D eigenvalue weighted by molar-refractivity contribution is -0.146. The molecule has 0 bridgehead atoms. The van der Waals surface area contributed by atoms with Crippen LogP contribution in [0.2, 0.25) is 0 Å². The second kappa shape index (κ2) is 8.23. The molecule has 0 N–H and O–H groups in total. The predicted molar refractivity (Wildman–Crippen MR) is 94.0 cm³/mol. The van der Waals surface area contributed by atoms with Crippen molar-refractivity contribution in [2.45, 2.75) is 58.2 Å².